The van der Waals surface area contributed by atoms with Crippen LogP contribution >= 0.6 is 22.9 Å². The number of aryl methyl sites for hydroxylation is 1. The van der Waals surface area contributed by atoms with Gasteiger partial charge in [0.05, 0.1) is 34.5 Å². The van der Waals surface area contributed by atoms with E-state index < -0.39 is 0 Å². The fourth-order valence-electron chi connectivity index (χ4n) is 3.19. The van der Waals surface area contributed by atoms with Gasteiger partial charge in [0.25, 0.3) is 5.91 Å². The minimum absolute atomic E-state index is 0.147. The Balaban J connectivity index is 1.42. The molecule has 0 aliphatic rings. The van der Waals surface area contributed by atoms with Gasteiger partial charge in [0.15, 0.2) is 5.13 Å². The third kappa shape index (κ3) is 5.18. The van der Waals surface area contributed by atoms with Crippen molar-refractivity contribution >= 4 is 61.2 Å². The van der Waals surface area contributed by atoms with Gasteiger partial charge in [-0.25, -0.2) is 9.97 Å². The summed E-state index contributed by atoms with van der Waals surface area (Å²) < 4.78 is 8.45. The SMILES string of the molecule is CN(C)CCOCCNC(=O)c1ccc2c(c1)nc(Nc1nc3ccc(Cl)cc3s1)n2C. The minimum Gasteiger partial charge on any atom is -0.378 e. The summed E-state index contributed by atoms with van der Waals surface area (Å²) in [5.41, 5.74) is 3.09. The van der Waals surface area contributed by atoms with Crippen molar-refractivity contribution < 1.29 is 9.53 Å². The highest BCUT2D eigenvalue weighted by atomic mass is 35.5. The van der Waals surface area contributed by atoms with Crippen molar-refractivity contribution in [2.24, 2.45) is 7.05 Å². The Labute approximate surface area is 195 Å². The molecule has 2 heterocycles. The number of rotatable bonds is 9. The van der Waals surface area contributed by atoms with Gasteiger partial charge in [-0.3, -0.25) is 4.79 Å². The topological polar surface area (TPSA) is 84.3 Å². The molecule has 4 aromatic rings. The van der Waals surface area contributed by atoms with Crippen LogP contribution in [0.15, 0.2) is 36.4 Å². The van der Waals surface area contributed by atoms with Gasteiger partial charge in [0.1, 0.15) is 0 Å². The van der Waals surface area contributed by atoms with Crippen molar-refractivity contribution in [3.8, 4) is 0 Å². The quantitative estimate of drug-likeness (QED) is 0.359. The zero-order valence-corrected chi connectivity index (χ0v) is 19.8. The monoisotopic (exact) mass is 472 g/mol. The van der Waals surface area contributed by atoms with E-state index in [2.05, 4.69) is 25.5 Å². The molecular formula is C22H25ClN6O2S. The van der Waals surface area contributed by atoms with Gasteiger partial charge in [-0.2, -0.15) is 0 Å². The lowest BCUT2D eigenvalue weighted by atomic mass is 10.2. The fraction of sp³-hybridized carbons (Fsp3) is 0.318. The summed E-state index contributed by atoms with van der Waals surface area (Å²) in [6.07, 6.45) is 0. The number of anilines is 2. The van der Waals surface area contributed by atoms with Crippen LogP contribution in [-0.4, -0.2) is 65.7 Å². The molecule has 1 amide bonds. The van der Waals surface area contributed by atoms with Gasteiger partial charge in [0.2, 0.25) is 5.95 Å². The Morgan fingerprint density at radius 1 is 1.16 bits per heavy atom. The van der Waals surface area contributed by atoms with E-state index in [4.69, 9.17) is 16.3 Å². The Morgan fingerprint density at radius 2 is 2.00 bits per heavy atom. The summed E-state index contributed by atoms with van der Waals surface area (Å²) in [7, 11) is 5.91. The Bertz CT molecular complexity index is 1250. The van der Waals surface area contributed by atoms with Gasteiger partial charge < -0.3 is 24.8 Å². The van der Waals surface area contributed by atoms with E-state index in [9.17, 15) is 4.79 Å². The van der Waals surface area contributed by atoms with Crippen molar-refractivity contribution in [2.75, 3.05) is 45.7 Å². The van der Waals surface area contributed by atoms with Crippen LogP contribution in [0.4, 0.5) is 11.1 Å². The van der Waals surface area contributed by atoms with E-state index in [1.54, 1.807) is 12.1 Å². The van der Waals surface area contributed by atoms with E-state index in [-0.39, 0.29) is 5.91 Å². The Kier molecular flexibility index (Phi) is 6.90. The number of imidazole rings is 1. The Hall–Kier alpha value is -2.72. The molecule has 0 saturated carbocycles. The first kappa shape index (κ1) is 22.5. The van der Waals surface area contributed by atoms with Crippen molar-refractivity contribution in [1.29, 1.82) is 0 Å². The second-order valence-electron chi connectivity index (χ2n) is 7.63. The van der Waals surface area contributed by atoms with Gasteiger partial charge in [0, 0.05) is 30.7 Å². The average molecular weight is 473 g/mol. The van der Waals surface area contributed by atoms with Crippen molar-refractivity contribution in [2.45, 2.75) is 0 Å². The van der Waals surface area contributed by atoms with Gasteiger partial charge in [-0.05, 0) is 50.5 Å². The molecule has 0 aliphatic carbocycles. The standard InChI is InChI=1S/C22H25ClN6O2S/c1-28(2)9-11-31-10-8-24-20(30)14-4-7-18-17(12-14)25-21(29(18)3)27-22-26-16-6-5-15(23)13-19(16)32-22/h4-7,12-13H,8-11H2,1-3H3,(H,24,30)(H,25,26,27). The maximum absolute atomic E-state index is 12.5. The zero-order chi connectivity index (χ0) is 22.7. The number of nitrogens with one attached hydrogen (secondary N) is 2. The van der Waals surface area contributed by atoms with Crippen molar-refractivity contribution in [3.63, 3.8) is 0 Å². The molecule has 0 atom stereocenters. The summed E-state index contributed by atoms with van der Waals surface area (Å²) in [4.78, 5) is 23.8. The smallest absolute Gasteiger partial charge is 0.251 e. The van der Waals surface area contributed by atoms with E-state index in [0.29, 0.717) is 36.3 Å². The molecule has 4 rings (SSSR count). The lowest BCUT2D eigenvalue weighted by Crippen LogP contribution is -2.28. The highest BCUT2D eigenvalue weighted by Crippen LogP contribution is 2.31. The number of ether oxygens (including phenoxy) is 1. The molecule has 2 N–H and O–H groups in total. The zero-order valence-electron chi connectivity index (χ0n) is 18.2. The van der Waals surface area contributed by atoms with Crippen LogP contribution in [-0.2, 0) is 11.8 Å². The van der Waals surface area contributed by atoms with Crippen LogP contribution in [0.25, 0.3) is 21.3 Å². The summed E-state index contributed by atoms with van der Waals surface area (Å²) in [5, 5.41) is 7.57. The van der Waals surface area contributed by atoms with E-state index >= 15 is 0 Å². The van der Waals surface area contributed by atoms with E-state index in [0.717, 1.165) is 32.9 Å². The summed E-state index contributed by atoms with van der Waals surface area (Å²) in [6.45, 7) is 2.43. The summed E-state index contributed by atoms with van der Waals surface area (Å²) in [6, 6.07) is 11.1. The molecule has 0 spiro atoms. The minimum atomic E-state index is -0.147. The van der Waals surface area contributed by atoms with E-state index in [1.807, 2.05) is 50.0 Å². The fourth-order valence-corrected chi connectivity index (χ4v) is 4.32. The molecule has 32 heavy (non-hydrogen) atoms. The highest BCUT2D eigenvalue weighted by molar-refractivity contribution is 7.22. The summed E-state index contributed by atoms with van der Waals surface area (Å²) in [5.74, 6) is 0.503. The van der Waals surface area contributed by atoms with Crippen LogP contribution in [0.2, 0.25) is 5.02 Å². The maximum atomic E-state index is 12.5. The molecule has 0 aliphatic heterocycles. The number of halogens is 1. The second-order valence-corrected chi connectivity index (χ2v) is 9.09. The van der Waals surface area contributed by atoms with Crippen LogP contribution in [0.3, 0.4) is 0 Å². The number of benzene rings is 2. The largest absolute Gasteiger partial charge is 0.378 e. The van der Waals surface area contributed by atoms with Crippen LogP contribution in [0.5, 0.6) is 0 Å². The number of nitrogens with zero attached hydrogens (tertiary/aromatic N) is 4. The molecule has 0 saturated heterocycles. The number of amides is 1. The second kappa shape index (κ2) is 9.83. The number of carbonyl (C=O) groups excluding carboxylic acids is 1. The van der Waals surface area contributed by atoms with Crippen LogP contribution in [0.1, 0.15) is 10.4 Å². The van der Waals surface area contributed by atoms with Crippen LogP contribution in [0, 0.1) is 0 Å². The number of thiazole rings is 1. The lowest BCUT2D eigenvalue weighted by molar-refractivity contribution is 0.0900. The van der Waals surface area contributed by atoms with Gasteiger partial charge >= 0.3 is 0 Å². The first-order chi connectivity index (χ1) is 15.4. The highest BCUT2D eigenvalue weighted by Gasteiger charge is 2.13. The molecule has 0 fully saturated rings. The number of hydrogen-bond acceptors (Lipinski definition) is 7. The molecule has 8 nitrogen and oxygen atoms in total. The average Bonchev–Trinajstić information content (AvgIpc) is 3.29. The molecule has 10 heteroatoms. The third-order valence-electron chi connectivity index (χ3n) is 4.93. The predicted molar refractivity (Wildman–Crippen MR) is 130 cm³/mol. The molecule has 2 aromatic heterocycles. The number of hydrogen-bond donors (Lipinski definition) is 2. The van der Waals surface area contributed by atoms with Gasteiger partial charge in [-0.15, -0.1) is 0 Å². The normalized spacial score (nSPS) is 11.5. The van der Waals surface area contributed by atoms with E-state index in [1.165, 1.54) is 11.3 Å². The number of likely N-dealkylation sites (N-methyl/N-ethyl adjacent to an activating group) is 1. The number of aromatic nitrogens is 3. The predicted octanol–water partition coefficient (Wildman–Crippen LogP) is 3.89. The molecular weight excluding hydrogens is 448 g/mol. The molecule has 0 radical (unpaired) electrons. The summed E-state index contributed by atoms with van der Waals surface area (Å²) >= 11 is 7.58. The van der Waals surface area contributed by atoms with Gasteiger partial charge in [-0.1, -0.05) is 22.9 Å². The lowest BCUT2D eigenvalue weighted by Gasteiger charge is -2.10. The third-order valence-corrected chi connectivity index (χ3v) is 6.10. The van der Waals surface area contributed by atoms with Crippen molar-refractivity contribution in [3.05, 3.63) is 47.0 Å². The number of fused-ring (bicyclic) bond motifs is 2. The maximum Gasteiger partial charge on any atom is 0.251 e. The molecule has 168 valence electrons. The molecule has 0 bridgehead atoms. The van der Waals surface area contributed by atoms with Crippen molar-refractivity contribution in [1.82, 2.24) is 24.8 Å². The van der Waals surface area contributed by atoms with Crippen LogP contribution < -0.4 is 10.6 Å². The molecule has 2 aromatic carbocycles. The molecule has 0 unspecified atom stereocenters. The number of carbonyl (C=O) groups is 1. The Morgan fingerprint density at radius 3 is 2.81 bits per heavy atom. The first-order valence-electron chi connectivity index (χ1n) is 10.2. The first-order valence-corrected chi connectivity index (χ1v) is 11.4.